The van der Waals surface area contributed by atoms with Crippen molar-refractivity contribution >= 4 is 57.8 Å². The fourth-order valence-electron chi connectivity index (χ4n) is 8.55. The standard InChI is InChI=1S/C23H28N4O4S.C21H25N5O4S/c1-15-3-5-16(6-4-15)22(28)31-18-13-27(14-18)23-24-19-9-12-32(29)20(19)21(25-23)26(2)17-7-10-30-11-8-17;1-25(15-4-8-29-9-5-15)19-18-17(6-10-31(18)28)23-21(24-19)26-12-16(13-26)30-20(27)14-3-2-7-22-11-14/h3-6,17-18H,7-14H2,1-2H3;2-3,7,11,15-16H,4-6,8-10,12-13H2,1H3. The molecule has 6 aliphatic rings. The third kappa shape index (κ3) is 9.54. The van der Waals surface area contributed by atoms with Crippen LogP contribution in [0.25, 0.3) is 0 Å². The summed E-state index contributed by atoms with van der Waals surface area (Å²) < 4.78 is 47.5. The van der Waals surface area contributed by atoms with Crippen LogP contribution in [0.3, 0.4) is 0 Å². The van der Waals surface area contributed by atoms with Crippen molar-refractivity contribution in [1.29, 1.82) is 0 Å². The summed E-state index contributed by atoms with van der Waals surface area (Å²) in [6.07, 6.45) is 7.82. The van der Waals surface area contributed by atoms with Gasteiger partial charge in [0.2, 0.25) is 21.7 Å². The molecule has 2 unspecified atom stereocenters. The Balaban J connectivity index is 0.000000160. The van der Waals surface area contributed by atoms with E-state index in [1.165, 1.54) is 6.20 Å². The SMILES string of the molecule is CN(c1nc(N2CC(OC(=O)c3cccnc3)C2)nc2c1[S+]([O-])CC2)C1CCOCC1.Cc1ccc(C(=O)OC2CN(c3nc4c(c(N(C)C5CCOCC5)n3)[S+]([O-])CC4)C2)cc1. The highest BCUT2D eigenvalue weighted by Crippen LogP contribution is 2.38. The number of anilines is 4. The molecule has 19 heteroatoms. The number of fused-ring (bicyclic) bond motifs is 2. The van der Waals surface area contributed by atoms with E-state index in [-0.39, 0.29) is 24.1 Å². The molecule has 6 aliphatic heterocycles. The molecule has 17 nitrogen and oxygen atoms in total. The summed E-state index contributed by atoms with van der Waals surface area (Å²) in [6, 6.07) is 11.4. The molecule has 10 rings (SSSR count). The van der Waals surface area contributed by atoms with Crippen molar-refractivity contribution in [2.45, 2.75) is 79.5 Å². The molecule has 4 aromatic rings. The summed E-state index contributed by atoms with van der Waals surface area (Å²) in [5.41, 5.74) is 3.85. The summed E-state index contributed by atoms with van der Waals surface area (Å²) in [5.74, 6) is 3.28. The lowest BCUT2D eigenvalue weighted by molar-refractivity contribution is 0.0222. The fraction of sp³-hybridized carbons (Fsp3) is 0.523. The molecule has 0 saturated carbocycles. The Hall–Kier alpha value is -4.79. The quantitative estimate of drug-likeness (QED) is 0.166. The molecule has 3 aromatic heterocycles. The van der Waals surface area contributed by atoms with Crippen LogP contribution < -0.4 is 19.6 Å². The Kier molecular flexibility index (Phi) is 13.2. The number of aromatic nitrogens is 5. The molecule has 2 atom stereocenters. The third-order valence-electron chi connectivity index (χ3n) is 12.5. The lowest BCUT2D eigenvalue weighted by atomic mass is 10.1. The summed E-state index contributed by atoms with van der Waals surface area (Å²) >= 11 is -2.13. The van der Waals surface area contributed by atoms with E-state index in [4.69, 9.17) is 38.9 Å². The molecule has 0 aliphatic carbocycles. The van der Waals surface area contributed by atoms with Gasteiger partial charge in [-0.15, -0.1) is 0 Å². The Labute approximate surface area is 373 Å². The second kappa shape index (κ2) is 19.1. The van der Waals surface area contributed by atoms with Gasteiger partial charge < -0.3 is 47.7 Å². The van der Waals surface area contributed by atoms with E-state index in [1.54, 1.807) is 30.5 Å². The Morgan fingerprint density at radius 2 is 1.14 bits per heavy atom. The van der Waals surface area contributed by atoms with Gasteiger partial charge >= 0.3 is 11.9 Å². The van der Waals surface area contributed by atoms with Gasteiger partial charge in [0.25, 0.3) is 0 Å². The van der Waals surface area contributed by atoms with Crippen molar-refractivity contribution in [2.75, 3.05) is 97.8 Å². The molecular weight excluding hydrogens is 847 g/mol. The first-order valence-electron chi connectivity index (χ1n) is 21.7. The fourth-order valence-corrected chi connectivity index (χ4v) is 11.3. The number of carbonyl (C=O) groups excluding carboxylic acids is 2. The molecule has 334 valence electrons. The first kappa shape index (κ1) is 43.5. The van der Waals surface area contributed by atoms with Crippen molar-refractivity contribution in [3.63, 3.8) is 0 Å². The molecule has 4 fully saturated rings. The monoisotopic (exact) mass is 899 g/mol. The minimum absolute atomic E-state index is 0.188. The van der Waals surface area contributed by atoms with E-state index >= 15 is 0 Å². The Morgan fingerprint density at radius 3 is 1.59 bits per heavy atom. The van der Waals surface area contributed by atoms with Gasteiger partial charge in [-0.3, -0.25) is 4.98 Å². The maximum absolute atomic E-state index is 12.7. The minimum atomic E-state index is -1.07. The number of hydrogen-bond donors (Lipinski definition) is 0. The molecule has 63 heavy (non-hydrogen) atoms. The Bertz CT molecular complexity index is 2260. The number of rotatable bonds is 10. The van der Waals surface area contributed by atoms with Gasteiger partial charge in [-0.1, -0.05) is 17.7 Å². The van der Waals surface area contributed by atoms with Crippen LogP contribution in [-0.4, -0.2) is 148 Å². The zero-order chi connectivity index (χ0) is 43.6. The normalized spacial score (nSPS) is 21.3. The van der Waals surface area contributed by atoms with E-state index in [9.17, 15) is 18.7 Å². The van der Waals surface area contributed by atoms with Crippen molar-refractivity contribution in [1.82, 2.24) is 24.9 Å². The average Bonchev–Trinajstić information content (AvgIpc) is 3.86. The maximum Gasteiger partial charge on any atom is 0.340 e. The topological polar surface area (TPSA) is 195 Å². The number of ether oxygens (including phenoxy) is 4. The number of carbonyl (C=O) groups is 2. The van der Waals surface area contributed by atoms with Crippen molar-refractivity contribution in [3.8, 4) is 0 Å². The van der Waals surface area contributed by atoms with Crippen LogP contribution in [-0.2, 0) is 54.1 Å². The smallest absolute Gasteiger partial charge is 0.340 e. The molecule has 0 amide bonds. The highest BCUT2D eigenvalue weighted by Gasteiger charge is 2.41. The number of benzene rings is 1. The summed E-state index contributed by atoms with van der Waals surface area (Å²) in [5, 5.41) is 0. The van der Waals surface area contributed by atoms with E-state index in [2.05, 4.69) is 14.8 Å². The zero-order valence-electron chi connectivity index (χ0n) is 35.8. The molecule has 0 bridgehead atoms. The summed E-state index contributed by atoms with van der Waals surface area (Å²) in [4.78, 5) is 57.6. The van der Waals surface area contributed by atoms with Gasteiger partial charge in [-0.2, -0.15) is 9.97 Å². The second-order valence-electron chi connectivity index (χ2n) is 16.7. The van der Waals surface area contributed by atoms with Crippen LogP contribution in [0.2, 0.25) is 0 Å². The largest absolute Gasteiger partial charge is 0.611 e. The van der Waals surface area contributed by atoms with E-state index in [1.807, 2.05) is 43.0 Å². The minimum Gasteiger partial charge on any atom is -0.611 e. The van der Waals surface area contributed by atoms with E-state index in [0.29, 0.717) is 85.6 Å². The van der Waals surface area contributed by atoms with Gasteiger partial charge in [0.15, 0.2) is 11.6 Å². The van der Waals surface area contributed by atoms with Gasteiger partial charge in [0, 0.05) is 77.8 Å². The van der Waals surface area contributed by atoms with Crippen LogP contribution in [0.15, 0.2) is 58.6 Å². The van der Waals surface area contributed by atoms with Crippen LogP contribution in [0, 0.1) is 6.92 Å². The van der Waals surface area contributed by atoms with Crippen LogP contribution >= 0.6 is 0 Å². The summed E-state index contributed by atoms with van der Waals surface area (Å²) in [6.45, 7) is 7.10. The molecule has 0 N–H and O–H groups in total. The van der Waals surface area contributed by atoms with Crippen molar-refractivity contribution in [2.24, 2.45) is 0 Å². The van der Waals surface area contributed by atoms with E-state index < -0.39 is 22.4 Å². The maximum atomic E-state index is 12.7. The number of nitrogens with zero attached hydrogens (tertiary/aromatic N) is 9. The lowest BCUT2D eigenvalue weighted by Gasteiger charge is -2.39. The third-order valence-corrected chi connectivity index (χ3v) is 15.4. The van der Waals surface area contributed by atoms with Crippen molar-refractivity contribution in [3.05, 3.63) is 76.9 Å². The van der Waals surface area contributed by atoms with E-state index in [0.717, 1.165) is 90.5 Å². The number of hydrogen-bond acceptors (Lipinski definition) is 17. The van der Waals surface area contributed by atoms with Crippen LogP contribution in [0.1, 0.15) is 63.4 Å². The first-order valence-corrected chi connectivity index (χ1v) is 24.3. The molecule has 4 saturated heterocycles. The molecule has 0 radical (unpaired) electrons. The molecule has 1 aromatic carbocycles. The number of esters is 2. The number of pyridine rings is 1. The average molecular weight is 900 g/mol. The highest BCUT2D eigenvalue weighted by molar-refractivity contribution is 7.92. The van der Waals surface area contributed by atoms with Crippen LogP contribution in [0.5, 0.6) is 0 Å². The lowest BCUT2D eigenvalue weighted by Crippen LogP contribution is -2.54. The zero-order valence-corrected chi connectivity index (χ0v) is 37.5. The second-order valence-corrected chi connectivity index (χ2v) is 19.7. The first-order chi connectivity index (χ1) is 30.6. The van der Waals surface area contributed by atoms with Gasteiger partial charge in [-0.05, 0) is 79.2 Å². The Morgan fingerprint density at radius 1 is 0.683 bits per heavy atom. The van der Waals surface area contributed by atoms with Gasteiger partial charge in [0.1, 0.15) is 35.1 Å². The molecule has 0 spiro atoms. The predicted molar refractivity (Wildman–Crippen MR) is 237 cm³/mol. The molecular formula is C44H53N9O8S2. The highest BCUT2D eigenvalue weighted by atomic mass is 32.2. The molecule has 9 heterocycles. The predicted octanol–water partition coefficient (Wildman–Crippen LogP) is 3.31. The number of aryl methyl sites for hydroxylation is 3. The van der Waals surface area contributed by atoms with Crippen molar-refractivity contribution < 1.29 is 37.6 Å². The van der Waals surface area contributed by atoms with Gasteiger partial charge in [-0.25, -0.2) is 19.6 Å². The summed E-state index contributed by atoms with van der Waals surface area (Å²) in [7, 11) is 4.05. The van der Waals surface area contributed by atoms with Gasteiger partial charge in [0.05, 0.1) is 37.3 Å². The van der Waals surface area contributed by atoms with Crippen LogP contribution in [0.4, 0.5) is 23.5 Å².